The summed E-state index contributed by atoms with van der Waals surface area (Å²) >= 11 is 0. The van der Waals surface area contributed by atoms with Crippen molar-refractivity contribution in [2.75, 3.05) is 0 Å². The molecule has 0 saturated heterocycles. The van der Waals surface area contributed by atoms with Gasteiger partial charge in [-0.15, -0.1) is 4.57 Å². The van der Waals surface area contributed by atoms with E-state index in [9.17, 15) is 0 Å². The summed E-state index contributed by atoms with van der Waals surface area (Å²) in [6.07, 6.45) is 3.85. The Morgan fingerprint density at radius 1 is 1.11 bits per heavy atom. The van der Waals surface area contributed by atoms with Crippen LogP contribution in [0.3, 0.4) is 0 Å². The third-order valence-electron chi connectivity index (χ3n) is 3.39. The molecule has 0 amide bonds. The average molecular weight is 246 g/mol. The number of benzene rings is 1. The molecule has 0 saturated carbocycles. The normalized spacial score (nSPS) is 12.2. The largest absolute Gasteiger partial charge is 0.592 e. The van der Waals surface area contributed by atoms with Gasteiger partial charge in [0.15, 0.2) is 12.4 Å². The Bertz CT molecular complexity index is 764. The highest BCUT2D eigenvalue weighted by atomic mass is 15.4. The second-order valence-corrected chi connectivity index (χ2v) is 4.61. The minimum Gasteiger partial charge on any atom is -0.226 e. The summed E-state index contributed by atoms with van der Waals surface area (Å²) in [4.78, 5) is 0. The van der Waals surface area contributed by atoms with Gasteiger partial charge in [0.2, 0.25) is 12.4 Å². The zero-order valence-corrected chi connectivity index (χ0v) is 10.3. The van der Waals surface area contributed by atoms with E-state index in [0.717, 1.165) is 22.8 Å². The molecule has 2 aromatic heterocycles. The van der Waals surface area contributed by atoms with E-state index in [-0.39, 0.29) is 0 Å². The van der Waals surface area contributed by atoms with E-state index >= 15 is 0 Å². The number of rotatable bonds is 1. The van der Waals surface area contributed by atoms with Gasteiger partial charge in [-0.25, -0.2) is 4.48 Å². The van der Waals surface area contributed by atoms with Crippen LogP contribution >= 0.6 is 0 Å². The van der Waals surface area contributed by atoms with Crippen molar-refractivity contribution in [3.63, 3.8) is 0 Å². The van der Waals surface area contributed by atoms with Crippen molar-refractivity contribution in [1.82, 2.24) is 9.78 Å². The number of hydrogen-bond donors (Lipinski definition) is 0. The van der Waals surface area contributed by atoms with Crippen molar-refractivity contribution < 1.29 is 9.05 Å². The minimum atomic E-state index is 0.704. The predicted molar refractivity (Wildman–Crippen MR) is 70.0 cm³/mol. The summed E-state index contributed by atoms with van der Waals surface area (Å²) in [6, 6.07) is 14.2. The summed E-state index contributed by atoms with van der Waals surface area (Å²) < 4.78 is 5.69. The molecule has 4 rings (SSSR count). The highest BCUT2D eigenvalue weighted by molar-refractivity contribution is 5.95. The smallest absolute Gasteiger partial charge is 0.226 e. The summed E-state index contributed by atoms with van der Waals surface area (Å²) in [5.41, 5.74) is 3.14. The molecule has 0 spiro atoms. The first-order valence-electron chi connectivity index (χ1n) is 6.16. The van der Waals surface area contributed by atoms with Crippen LogP contribution in [-0.2, 0) is 6.67 Å². The Hall–Kier alpha value is -2.43. The fraction of sp³-hybridized carbons (Fsp3) is 0.0714. The first-order chi connectivity index (χ1) is 9.33. The molecule has 19 heavy (non-hydrogen) atoms. The topological polar surface area (TPSA) is 25.6 Å². The fourth-order valence-electron chi connectivity index (χ4n) is 2.52. The molecule has 88 valence electrons. The molecule has 0 bridgehead atoms. The second kappa shape index (κ2) is 3.78. The molecule has 0 aliphatic carbocycles. The maximum absolute atomic E-state index is 5.99. The van der Waals surface area contributed by atoms with Crippen LogP contribution in [0.2, 0.25) is 0 Å². The van der Waals surface area contributed by atoms with Gasteiger partial charge < -0.3 is 0 Å². The molecule has 3 aromatic rings. The van der Waals surface area contributed by atoms with Crippen LogP contribution in [0.15, 0.2) is 54.9 Å². The molecule has 1 aliphatic heterocycles. The van der Waals surface area contributed by atoms with E-state index in [4.69, 9.17) is 7.98 Å². The van der Waals surface area contributed by atoms with Crippen LogP contribution in [0, 0.1) is 0 Å². The molecule has 0 atom stereocenters. The van der Waals surface area contributed by atoms with Gasteiger partial charge in [-0.3, -0.25) is 0 Å². The van der Waals surface area contributed by atoms with Gasteiger partial charge in [-0.1, -0.05) is 30.3 Å². The number of fused-ring (bicyclic) bond motifs is 3. The van der Waals surface area contributed by atoms with Crippen molar-refractivity contribution in [2.24, 2.45) is 0 Å². The summed E-state index contributed by atoms with van der Waals surface area (Å²) in [6.45, 7) is 0.704. The monoisotopic (exact) mass is 246 g/mol. The molecule has 3 heterocycles. The zero-order chi connectivity index (χ0) is 12.8. The summed E-state index contributed by atoms with van der Waals surface area (Å²) in [7, 11) is 5.99. The minimum absolute atomic E-state index is 0.704. The molecule has 5 heteroatoms. The Morgan fingerprint density at radius 3 is 2.79 bits per heavy atom. The van der Waals surface area contributed by atoms with Gasteiger partial charge in [0.25, 0.3) is 0 Å². The highest BCUT2D eigenvalue weighted by Gasteiger charge is 2.35. The lowest BCUT2D eigenvalue weighted by Crippen LogP contribution is -2.47. The average Bonchev–Trinajstić information content (AvgIpc) is 2.97. The van der Waals surface area contributed by atoms with E-state index < -0.39 is 0 Å². The summed E-state index contributed by atoms with van der Waals surface area (Å²) in [5.74, 6) is 0.970. The highest BCUT2D eigenvalue weighted by Crippen LogP contribution is 2.24. The first kappa shape index (κ1) is 10.5. The first-order valence-corrected chi connectivity index (χ1v) is 6.16. The number of hydrogen-bond acceptors (Lipinski definition) is 1. The lowest BCUT2D eigenvalue weighted by Gasteiger charge is -1.95. The number of aromatic nitrogens is 4. The third-order valence-corrected chi connectivity index (χ3v) is 3.39. The van der Waals surface area contributed by atoms with Gasteiger partial charge in [-0.05, 0) is 0 Å². The summed E-state index contributed by atoms with van der Waals surface area (Å²) in [5, 5.41) is 4.64. The number of nitrogens with zero attached hydrogens (tertiary/aromatic N) is 4. The van der Waals surface area contributed by atoms with Gasteiger partial charge >= 0.3 is 13.8 Å². The Balaban J connectivity index is 1.89. The van der Waals surface area contributed by atoms with Crippen LogP contribution in [0.1, 0.15) is 0 Å². The molecule has 4 nitrogen and oxygen atoms in total. The molecular weight excluding hydrogens is 235 g/mol. The van der Waals surface area contributed by atoms with Crippen LogP contribution < -0.4 is 9.05 Å². The molecule has 0 N–H and O–H groups in total. The van der Waals surface area contributed by atoms with Crippen LogP contribution in [-0.4, -0.2) is 17.8 Å². The Labute approximate surface area is 112 Å². The van der Waals surface area contributed by atoms with Gasteiger partial charge in [0.05, 0.1) is 11.8 Å². The molecular formula is C14H11BN4+2. The van der Waals surface area contributed by atoms with Gasteiger partial charge in [0, 0.05) is 11.6 Å². The third kappa shape index (κ3) is 1.51. The van der Waals surface area contributed by atoms with Crippen molar-refractivity contribution in [3.8, 4) is 22.8 Å². The Kier molecular flexibility index (Phi) is 2.09. The van der Waals surface area contributed by atoms with E-state index in [0.29, 0.717) is 6.67 Å². The molecule has 1 aromatic carbocycles. The standard InChI is InChI=1S/C14H11BN4/c15-18-8-4-7-17-10-19-13(14(17)18)9-12(16-19)11-5-2-1-3-6-11/h1-9H,10H2/q+2. The van der Waals surface area contributed by atoms with Crippen molar-refractivity contribution >= 4 is 7.98 Å². The predicted octanol–water partition coefficient (Wildman–Crippen LogP) is 0.543. The van der Waals surface area contributed by atoms with E-state index in [1.54, 1.807) is 4.48 Å². The maximum atomic E-state index is 5.99. The van der Waals surface area contributed by atoms with E-state index in [2.05, 4.69) is 27.9 Å². The van der Waals surface area contributed by atoms with Crippen LogP contribution in [0.4, 0.5) is 0 Å². The van der Waals surface area contributed by atoms with Crippen molar-refractivity contribution in [2.45, 2.75) is 6.67 Å². The SMILES string of the molecule is [B][n+]1ccc[n+]2c1-c1cc(-c3ccccc3)nn1C2. The molecule has 0 fully saturated rings. The van der Waals surface area contributed by atoms with Gasteiger partial charge in [0.1, 0.15) is 0 Å². The lowest BCUT2D eigenvalue weighted by atomic mass is 10.1. The molecule has 0 unspecified atom stereocenters. The van der Waals surface area contributed by atoms with Gasteiger partial charge in [-0.2, -0.15) is 9.78 Å². The van der Waals surface area contributed by atoms with Crippen LogP contribution in [0.25, 0.3) is 22.8 Å². The van der Waals surface area contributed by atoms with Crippen molar-refractivity contribution in [1.29, 1.82) is 0 Å². The van der Waals surface area contributed by atoms with Crippen molar-refractivity contribution in [3.05, 3.63) is 54.9 Å². The van der Waals surface area contributed by atoms with E-state index in [1.807, 2.05) is 41.3 Å². The quantitative estimate of drug-likeness (QED) is 0.355. The van der Waals surface area contributed by atoms with Crippen LogP contribution in [0.5, 0.6) is 0 Å². The molecule has 1 aliphatic rings. The lowest BCUT2D eigenvalue weighted by molar-refractivity contribution is -0.748. The second-order valence-electron chi connectivity index (χ2n) is 4.61. The molecule has 2 radical (unpaired) electrons. The Morgan fingerprint density at radius 2 is 1.95 bits per heavy atom. The zero-order valence-electron chi connectivity index (χ0n) is 10.3. The fourth-order valence-corrected chi connectivity index (χ4v) is 2.52. The van der Waals surface area contributed by atoms with E-state index in [1.165, 1.54) is 0 Å². The maximum Gasteiger partial charge on any atom is 0.592 e.